The van der Waals surface area contributed by atoms with E-state index in [0.717, 1.165) is 0 Å². The Morgan fingerprint density at radius 3 is 2.64 bits per heavy atom. The molecule has 1 nitrogen and oxygen atoms in total. The normalized spacial score (nSPS) is 10.7. The molecule has 1 heterocycles. The molecular formula is C10H13N. The highest BCUT2D eigenvalue weighted by atomic mass is 14.7. The standard InChI is InChI=1S/C10H11N.H2/c1-7-8(2)11-10-6-4-3-5-9(7)10;/h3-6,11H,1-2H3;1H. The minimum atomic E-state index is 0. The number of H-pyrrole nitrogens is 1. The van der Waals surface area contributed by atoms with Crippen molar-refractivity contribution in [2.24, 2.45) is 0 Å². The van der Waals surface area contributed by atoms with Crippen LogP contribution in [0.15, 0.2) is 24.3 Å². The molecule has 0 unspecified atom stereocenters. The molecule has 0 saturated carbocycles. The van der Waals surface area contributed by atoms with E-state index in [2.05, 4.69) is 43.1 Å². The predicted octanol–water partition coefficient (Wildman–Crippen LogP) is 3.03. The molecule has 0 amide bonds. The Balaban J connectivity index is 0.000000720. The van der Waals surface area contributed by atoms with E-state index in [9.17, 15) is 0 Å². The van der Waals surface area contributed by atoms with E-state index in [4.69, 9.17) is 0 Å². The molecule has 0 aliphatic heterocycles. The van der Waals surface area contributed by atoms with Crippen LogP contribution in [0.25, 0.3) is 10.9 Å². The van der Waals surface area contributed by atoms with E-state index in [1.807, 2.05) is 0 Å². The fourth-order valence-corrected chi connectivity index (χ4v) is 1.42. The van der Waals surface area contributed by atoms with Gasteiger partial charge in [-0.2, -0.15) is 0 Å². The van der Waals surface area contributed by atoms with Crippen molar-refractivity contribution in [1.29, 1.82) is 0 Å². The molecule has 0 aliphatic rings. The first kappa shape index (κ1) is 6.47. The zero-order valence-corrected chi connectivity index (χ0v) is 6.81. The highest BCUT2D eigenvalue weighted by Gasteiger charge is 2.00. The molecule has 0 atom stereocenters. The molecule has 2 rings (SSSR count). The van der Waals surface area contributed by atoms with Gasteiger partial charge in [0.05, 0.1) is 0 Å². The van der Waals surface area contributed by atoms with Crippen LogP contribution in [0.3, 0.4) is 0 Å². The van der Waals surface area contributed by atoms with Crippen LogP contribution in [0.2, 0.25) is 0 Å². The van der Waals surface area contributed by atoms with Crippen LogP contribution < -0.4 is 0 Å². The second-order valence-corrected chi connectivity index (χ2v) is 2.92. The Kier molecular flexibility index (Phi) is 1.25. The molecule has 58 valence electrons. The van der Waals surface area contributed by atoms with Crippen LogP contribution in [-0.4, -0.2) is 4.98 Å². The summed E-state index contributed by atoms with van der Waals surface area (Å²) in [6.45, 7) is 4.25. The number of aromatic nitrogens is 1. The van der Waals surface area contributed by atoms with Crippen LogP contribution in [0, 0.1) is 13.8 Å². The quantitative estimate of drug-likeness (QED) is 0.589. The summed E-state index contributed by atoms with van der Waals surface area (Å²) in [6, 6.07) is 8.38. The lowest BCUT2D eigenvalue weighted by Crippen LogP contribution is -1.70. The average Bonchev–Trinajstić information content (AvgIpc) is 2.30. The van der Waals surface area contributed by atoms with E-state index in [-0.39, 0.29) is 1.43 Å². The molecule has 1 aromatic carbocycles. The number of para-hydroxylation sites is 1. The lowest BCUT2D eigenvalue weighted by Gasteiger charge is -1.87. The number of benzene rings is 1. The third-order valence-electron chi connectivity index (χ3n) is 2.22. The summed E-state index contributed by atoms with van der Waals surface area (Å²) in [4.78, 5) is 3.33. The second-order valence-electron chi connectivity index (χ2n) is 2.92. The number of hydrogen-bond donors (Lipinski definition) is 1. The van der Waals surface area contributed by atoms with E-state index >= 15 is 0 Å². The van der Waals surface area contributed by atoms with Crippen molar-refractivity contribution in [2.45, 2.75) is 13.8 Å². The van der Waals surface area contributed by atoms with Crippen molar-refractivity contribution in [1.82, 2.24) is 4.98 Å². The average molecular weight is 147 g/mol. The summed E-state index contributed by atoms with van der Waals surface area (Å²) in [5, 5.41) is 1.34. The number of aromatic amines is 1. The summed E-state index contributed by atoms with van der Waals surface area (Å²) < 4.78 is 0. The molecule has 0 saturated heterocycles. The van der Waals surface area contributed by atoms with Gasteiger partial charge in [0.25, 0.3) is 0 Å². The SMILES string of the molecule is Cc1[nH]c2ccccc2c1C.[HH]. The minimum Gasteiger partial charge on any atom is -0.358 e. The molecule has 0 fully saturated rings. The van der Waals surface area contributed by atoms with Gasteiger partial charge in [0.2, 0.25) is 0 Å². The fraction of sp³-hybridized carbons (Fsp3) is 0.200. The van der Waals surface area contributed by atoms with Gasteiger partial charge in [-0.3, -0.25) is 0 Å². The largest absolute Gasteiger partial charge is 0.358 e. The molecule has 0 radical (unpaired) electrons. The molecule has 0 aliphatic carbocycles. The second kappa shape index (κ2) is 2.12. The number of fused-ring (bicyclic) bond motifs is 1. The Bertz CT molecular complexity index is 390. The van der Waals surface area contributed by atoms with Crippen LogP contribution in [0.1, 0.15) is 12.7 Å². The minimum absolute atomic E-state index is 0. The summed E-state index contributed by atoms with van der Waals surface area (Å²) in [6.07, 6.45) is 0. The Morgan fingerprint density at radius 2 is 1.91 bits per heavy atom. The molecular weight excluding hydrogens is 134 g/mol. The lowest BCUT2D eigenvalue weighted by atomic mass is 10.2. The van der Waals surface area contributed by atoms with Gasteiger partial charge in [-0.15, -0.1) is 0 Å². The maximum atomic E-state index is 3.33. The van der Waals surface area contributed by atoms with Crippen LogP contribution in [0.4, 0.5) is 0 Å². The van der Waals surface area contributed by atoms with Gasteiger partial charge >= 0.3 is 0 Å². The smallest absolute Gasteiger partial charge is 0.0458 e. The molecule has 1 N–H and O–H groups in total. The summed E-state index contributed by atoms with van der Waals surface area (Å²) in [5.41, 5.74) is 3.87. The van der Waals surface area contributed by atoms with Crippen molar-refractivity contribution < 1.29 is 1.43 Å². The van der Waals surface area contributed by atoms with E-state index in [1.165, 1.54) is 22.2 Å². The Labute approximate surface area is 67.5 Å². The van der Waals surface area contributed by atoms with Gasteiger partial charge in [0.1, 0.15) is 0 Å². The first-order chi connectivity index (χ1) is 5.29. The van der Waals surface area contributed by atoms with Gasteiger partial charge in [-0.05, 0) is 25.5 Å². The van der Waals surface area contributed by atoms with Gasteiger partial charge in [0, 0.05) is 18.0 Å². The zero-order valence-electron chi connectivity index (χ0n) is 6.81. The maximum Gasteiger partial charge on any atom is 0.0458 e. The Hall–Kier alpha value is -1.24. The van der Waals surface area contributed by atoms with Crippen molar-refractivity contribution in [3.63, 3.8) is 0 Å². The third-order valence-corrected chi connectivity index (χ3v) is 2.22. The zero-order chi connectivity index (χ0) is 7.84. The highest BCUT2D eigenvalue weighted by molar-refractivity contribution is 5.84. The van der Waals surface area contributed by atoms with Gasteiger partial charge in [0.15, 0.2) is 0 Å². The van der Waals surface area contributed by atoms with Gasteiger partial charge in [-0.1, -0.05) is 18.2 Å². The molecule has 1 heteroatoms. The monoisotopic (exact) mass is 147 g/mol. The molecule has 1 aromatic heterocycles. The third kappa shape index (κ3) is 0.845. The first-order valence-electron chi connectivity index (χ1n) is 3.83. The van der Waals surface area contributed by atoms with E-state index in [1.54, 1.807) is 0 Å². The van der Waals surface area contributed by atoms with E-state index in [0.29, 0.717) is 0 Å². The maximum absolute atomic E-state index is 3.33. The van der Waals surface area contributed by atoms with Crippen LogP contribution >= 0.6 is 0 Å². The molecule has 11 heavy (non-hydrogen) atoms. The van der Waals surface area contributed by atoms with E-state index < -0.39 is 0 Å². The topological polar surface area (TPSA) is 15.8 Å². The van der Waals surface area contributed by atoms with Gasteiger partial charge < -0.3 is 4.98 Å². The Morgan fingerprint density at radius 1 is 1.18 bits per heavy atom. The number of hydrogen-bond acceptors (Lipinski definition) is 0. The number of aryl methyl sites for hydroxylation is 2. The number of rotatable bonds is 0. The molecule has 2 aromatic rings. The van der Waals surface area contributed by atoms with Crippen molar-refractivity contribution in [3.05, 3.63) is 35.5 Å². The van der Waals surface area contributed by atoms with Crippen LogP contribution in [-0.2, 0) is 0 Å². The molecule has 0 bridgehead atoms. The van der Waals surface area contributed by atoms with Crippen molar-refractivity contribution in [2.75, 3.05) is 0 Å². The summed E-state index contributed by atoms with van der Waals surface area (Å²) >= 11 is 0. The van der Waals surface area contributed by atoms with Gasteiger partial charge in [-0.25, -0.2) is 0 Å². The highest BCUT2D eigenvalue weighted by Crippen LogP contribution is 2.19. The lowest BCUT2D eigenvalue weighted by molar-refractivity contribution is 1.25. The van der Waals surface area contributed by atoms with Crippen LogP contribution in [0.5, 0.6) is 0 Å². The summed E-state index contributed by atoms with van der Waals surface area (Å²) in [5.74, 6) is 0. The molecule has 0 spiro atoms. The number of nitrogens with one attached hydrogen (secondary N) is 1. The fourth-order valence-electron chi connectivity index (χ4n) is 1.42. The van der Waals surface area contributed by atoms with Crippen molar-refractivity contribution in [3.8, 4) is 0 Å². The summed E-state index contributed by atoms with van der Waals surface area (Å²) in [7, 11) is 0. The first-order valence-corrected chi connectivity index (χ1v) is 3.83. The predicted molar refractivity (Wildman–Crippen MR) is 49.9 cm³/mol. The van der Waals surface area contributed by atoms with Crippen molar-refractivity contribution >= 4 is 10.9 Å².